The van der Waals surface area contributed by atoms with E-state index in [1.54, 1.807) is 13.2 Å². The molecule has 1 fully saturated rings. The Morgan fingerprint density at radius 1 is 1.45 bits per heavy atom. The average Bonchev–Trinajstić information content (AvgIpc) is 3.38. The number of carbonyl (C=O) groups excluding carboxylic acids is 2. The van der Waals surface area contributed by atoms with E-state index in [1.165, 1.54) is 11.3 Å². The number of benzene rings is 1. The van der Waals surface area contributed by atoms with Crippen LogP contribution in [0.3, 0.4) is 0 Å². The van der Waals surface area contributed by atoms with Gasteiger partial charge < -0.3 is 26.8 Å². The quantitative estimate of drug-likeness (QED) is 0.204. The van der Waals surface area contributed by atoms with Crippen molar-refractivity contribution in [3.05, 3.63) is 23.2 Å². The summed E-state index contributed by atoms with van der Waals surface area (Å²) in [6.45, 7) is 1.32. The van der Waals surface area contributed by atoms with Crippen molar-refractivity contribution in [2.24, 2.45) is 16.5 Å². The van der Waals surface area contributed by atoms with Crippen molar-refractivity contribution < 1.29 is 14.3 Å². The standard InChI is InChI=1S/C19H26N6O3S/c1-28-11-6-7-12-15(10-11)29-18(24-12)16(26)13(25-19(20)21)4-2-9-23-17(27)14-5-3-8-22-14/h6-7,10,13-14,22H,2-5,8-9H2,1H3,(H,23,27)(H4,20,21,25)/t13?,14-/m0/s1. The molecule has 0 bridgehead atoms. The number of hydrogen-bond donors (Lipinski definition) is 4. The summed E-state index contributed by atoms with van der Waals surface area (Å²) in [4.78, 5) is 33.5. The van der Waals surface area contributed by atoms with Crippen LogP contribution in [0.25, 0.3) is 10.2 Å². The van der Waals surface area contributed by atoms with Gasteiger partial charge in [0.05, 0.1) is 23.4 Å². The lowest BCUT2D eigenvalue weighted by atomic mass is 10.1. The van der Waals surface area contributed by atoms with Gasteiger partial charge in [0.2, 0.25) is 11.7 Å². The normalized spacial score (nSPS) is 17.1. The maximum absolute atomic E-state index is 12.9. The number of ether oxygens (including phenoxy) is 1. The summed E-state index contributed by atoms with van der Waals surface area (Å²) in [5, 5.41) is 6.40. The van der Waals surface area contributed by atoms with Crippen molar-refractivity contribution in [2.75, 3.05) is 20.2 Å². The second-order valence-corrected chi connectivity index (χ2v) is 7.90. The van der Waals surface area contributed by atoms with E-state index in [-0.39, 0.29) is 23.7 Å². The van der Waals surface area contributed by atoms with Crippen molar-refractivity contribution in [3.8, 4) is 5.75 Å². The van der Waals surface area contributed by atoms with Crippen LogP contribution in [0, 0.1) is 0 Å². The zero-order chi connectivity index (χ0) is 20.8. The summed E-state index contributed by atoms with van der Waals surface area (Å²) in [7, 11) is 1.59. The first-order valence-electron chi connectivity index (χ1n) is 9.56. The van der Waals surface area contributed by atoms with Crippen LogP contribution in [0.15, 0.2) is 23.2 Å². The van der Waals surface area contributed by atoms with Crippen LogP contribution in [0.5, 0.6) is 5.75 Å². The zero-order valence-electron chi connectivity index (χ0n) is 16.3. The number of ketones is 1. The summed E-state index contributed by atoms with van der Waals surface area (Å²) in [5.74, 6) is 0.313. The number of fused-ring (bicyclic) bond motifs is 1. The lowest BCUT2D eigenvalue weighted by Gasteiger charge is -2.13. The number of Topliss-reactive ketones (excluding diaryl/α,β-unsaturated/α-hetero) is 1. The molecule has 156 valence electrons. The number of aliphatic imine (C=N–C) groups is 1. The Morgan fingerprint density at radius 2 is 2.28 bits per heavy atom. The molecule has 10 heteroatoms. The number of nitrogens with two attached hydrogens (primary N) is 2. The molecular weight excluding hydrogens is 392 g/mol. The number of aromatic nitrogens is 1. The van der Waals surface area contributed by atoms with Gasteiger partial charge in [-0.2, -0.15) is 0 Å². The molecule has 1 aliphatic rings. The molecule has 2 atom stereocenters. The molecule has 1 saturated heterocycles. The van der Waals surface area contributed by atoms with E-state index in [0.29, 0.717) is 30.1 Å². The van der Waals surface area contributed by atoms with Gasteiger partial charge in [-0.1, -0.05) is 0 Å². The fourth-order valence-corrected chi connectivity index (χ4v) is 4.23. The van der Waals surface area contributed by atoms with Crippen molar-refractivity contribution in [1.82, 2.24) is 15.6 Å². The highest BCUT2D eigenvalue weighted by Crippen LogP contribution is 2.27. The molecule has 1 amide bonds. The maximum Gasteiger partial charge on any atom is 0.237 e. The van der Waals surface area contributed by atoms with Crippen molar-refractivity contribution in [3.63, 3.8) is 0 Å². The first-order valence-corrected chi connectivity index (χ1v) is 10.4. The molecule has 1 aromatic heterocycles. The Balaban J connectivity index is 1.62. The largest absolute Gasteiger partial charge is 0.497 e. The first-order chi connectivity index (χ1) is 14.0. The van der Waals surface area contributed by atoms with Gasteiger partial charge in [0.1, 0.15) is 11.8 Å². The number of nitrogens with one attached hydrogen (secondary N) is 2. The van der Waals surface area contributed by atoms with E-state index in [0.717, 1.165) is 29.6 Å². The molecular formula is C19H26N6O3S. The Morgan fingerprint density at radius 3 is 2.97 bits per heavy atom. The number of carbonyl (C=O) groups is 2. The van der Waals surface area contributed by atoms with Crippen molar-refractivity contribution in [2.45, 2.75) is 37.8 Å². The number of rotatable bonds is 9. The highest BCUT2D eigenvalue weighted by atomic mass is 32.1. The van der Waals surface area contributed by atoms with Gasteiger partial charge in [0.25, 0.3) is 0 Å². The van der Waals surface area contributed by atoms with Crippen molar-refractivity contribution in [1.29, 1.82) is 0 Å². The smallest absolute Gasteiger partial charge is 0.237 e. The lowest BCUT2D eigenvalue weighted by molar-refractivity contribution is -0.122. The SMILES string of the molecule is COc1ccc2nc(C(=O)C(CCCNC(=O)[C@@H]3CCCN3)N=C(N)N)sc2c1. The minimum absolute atomic E-state index is 0.00710. The lowest BCUT2D eigenvalue weighted by Crippen LogP contribution is -2.41. The summed E-state index contributed by atoms with van der Waals surface area (Å²) >= 11 is 1.28. The summed E-state index contributed by atoms with van der Waals surface area (Å²) in [5.41, 5.74) is 11.8. The third-order valence-corrected chi connectivity index (χ3v) is 5.78. The molecule has 9 nitrogen and oxygen atoms in total. The van der Waals surface area contributed by atoms with Gasteiger partial charge >= 0.3 is 0 Å². The zero-order valence-corrected chi connectivity index (χ0v) is 17.1. The predicted octanol–water partition coefficient (Wildman–Crippen LogP) is 0.778. The third kappa shape index (κ3) is 5.42. The molecule has 0 aliphatic carbocycles. The van der Waals surface area contributed by atoms with Gasteiger partial charge in [0.15, 0.2) is 11.0 Å². The fourth-order valence-electron chi connectivity index (χ4n) is 3.25. The summed E-state index contributed by atoms with van der Waals surface area (Å²) in [6.07, 6.45) is 2.84. The van der Waals surface area contributed by atoms with Gasteiger partial charge in [-0.15, -0.1) is 11.3 Å². The van der Waals surface area contributed by atoms with Crippen LogP contribution in [-0.4, -0.2) is 54.9 Å². The fraction of sp³-hybridized carbons (Fsp3) is 0.474. The van der Waals surface area contributed by atoms with Crippen LogP contribution >= 0.6 is 11.3 Å². The first kappa shape index (κ1) is 21.0. The molecule has 6 N–H and O–H groups in total. The van der Waals surface area contributed by atoms with Crippen molar-refractivity contribution >= 4 is 39.2 Å². The van der Waals surface area contributed by atoms with Crippen LogP contribution in [-0.2, 0) is 4.79 Å². The Hall–Kier alpha value is -2.72. The molecule has 0 spiro atoms. The molecule has 0 radical (unpaired) electrons. The number of guanidine groups is 1. The molecule has 1 aliphatic heterocycles. The monoisotopic (exact) mass is 418 g/mol. The van der Waals surface area contributed by atoms with Gasteiger partial charge in [-0.05, 0) is 50.4 Å². The molecule has 3 rings (SSSR count). The maximum atomic E-state index is 12.9. The van der Waals surface area contributed by atoms with Gasteiger partial charge in [-0.3, -0.25) is 9.59 Å². The Bertz CT molecular complexity index is 902. The average molecular weight is 419 g/mol. The molecule has 0 saturated carbocycles. The minimum Gasteiger partial charge on any atom is -0.497 e. The Kier molecular flexibility index (Phi) is 6.99. The predicted molar refractivity (Wildman–Crippen MR) is 113 cm³/mol. The highest BCUT2D eigenvalue weighted by Gasteiger charge is 2.24. The number of hydrogen-bond acceptors (Lipinski definition) is 7. The van der Waals surface area contributed by atoms with E-state index >= 15 is 0 Å². The second kappa shape index (κ2) is 9.66. The van der Waals surface area contributed by atoms with Crippen LogP contribution in [0.4, 0.5) is 0 Å². The number of methoxy groups -OCH3 is 1. The summed E-state index contributed by atoms with van der Waals surface area (Å²) in [6, 6.07) is 4.59. The van der Waals surface area contributed by atoms with E-state index < -0.39 is 6.04 Å². The molecule has 1 aromatic carbocycles. The van der Waals surface area contributed by atoms with E-state index in [4.69, 9.17) is 16.2 Å². The van der Waals surface area contributed by atoms with E-state index in [2.05, 4.69) is 20.6 Å². The number of thiazole rings is 1. The van der Waals surface area contributed by atoms with E-state index in [1.807, 2.05) is 12.1 Å². The van der Waals surface area contributed by atoms with Crippen LogP contribution < -0.4 is 26.8 Å². The Labute approximate surface area is 172 Å². The van der Waals surface area contributed by atoms with Gasteiger partial charge in [-0.25, -0.2) is 9.98 Å². The molecule has 2 heterocycles. The minimum atomic E-state index is -0.732. The topological polar surface area (TPSA) is 145 Å². The third-order valence-electron chi connectivity index (χ3n) is 4.74. The highest BCUT2D eigenvalue weighted by molar-refractivity contribution is 7.20. The van der Waals surface area contributed by atoms with E-state index in [9.17, 15) is 9.59 Å². The molecule has 29 heavy (non-hydrogen) atoms. The van der Waals surface area contributed by atoms with Crippen LogP contribution in [0.2, 0.25) is 0 Å². The van der Waals surface area contributed by atoms with Gasteiger partial charge in [0, 0.05) is 6.54 Å². The summed E-state index contributed by atoms with van der Waals surface area (Å²) < 4.78 is 6.07. The number of amides is 1. The molecule has 2 aromatic rings. The van der Waals surface area contributed by atoms with Crippen LogP contribution in [0.1, 0.15) is 35.5 Å². The second-order valence-electron chi connectivity index (χ2n) is 6.87. The number of nitrogens with zero attached hydrogens (tertiary/aromatic N) is 2. The molecule has 1 unspecified atom stereocenters.